The molecule has 0 radical (unpaired) electrons. The molecule has 1 fully saturated rings. The van der Waals surface area contributed by atoms with E-state index in [2.05, 4.69) is 14.8 Å². The van der Waals surface area contributed by atoms with Gasteiger partial charge in [-0.25, -0.2) is 0 Å². The van der Waals surface area contributed by atoms with E-state index in [0.717, 1.165) is 37.7 Å². The van der Waals surface area contributed by atoms with Crippen LogP contribution in [0.5, 0.6) is 0 Å². The van der Waals surface area contributed by atoms with Crippen LogP contribution in [0.25, 0.3) is 10.1 Å². The zero-order valence-electron chi connectivity index (χ0n) is 14.9. The van der Waals surface area contributed by atoms with Gasteiger partial charge in [-0.05, 0) is 23.8 Å². The van der Waals surface area contributed by atoms with Gasteiger partial charge in [-0.2, -0.15) is 4.98 Å². The molecule has 0 amide bonds. The van der Waals surface area contributed by atoms with Gasteiger partial charge >= 0.3 is 0 Å². The summed E-state index contributed by atoms with van der Waals surface area (Å²) in [4.78, 5) is 31.4. The van der Waals surface area contributed by atoms with Crippen LogP contribution in [0.2, 0.25) is 5.02 Å². The Hall–Kier alpha value is -2.55. The molecule has 2 heterocycles. The van der Waals surface area contributed by atoms with E-state index in [-0.39, 0.29) is 5.69 Å². The molecule has 4 rings (SSSR count). The average molecular weight is 417 g/mol. The predicted octanol–water partition coefficient (Wildman–Crippen LogP) is 3.54. The number of halogens is 1. The second kappa shape index (κ2) is 7.83. The van der Waals surface area contributed by atoms with Crippen molar-refractivity contribution in [3.05, 3.63) is 73.5 Å². The SMILES string of the molecule is O=c1nc(N2CCN(Cc3ccc(Cl)cc3)CC2)sc2ccc([N+](=O)[O-])cc12. The van der Waals surface area contributed by atoms with Crippen LogP contribution < -0.4 is 10.5 Å². The first kappa shape index (κ1) is 18.8. The van der Waals surface area contributed by atoms with Crippen LogP contribution in [-0.2, 0) is 6.54 Å². The predicted molar refractivity (Wildman–Crippen MR) is 111 cm³/mol. The first-order valence-corrected chi connectivity index (χ1v) is 10.00. The van der Waals surface area contributed by atoms with Crippen molar-refractivity contribution in [1.29, 1.82) is 0 Å². The van der Waals surface area contributed by atoms with Crippen LogP contribution in [0.4, 0.5) is 10.8 Å². The Morgan fingerprint density at radius 1 is 1.11 bits per heavy atom. The highest BCUT2D eigenvalue weighted by Gasteiger charge is 2.20. The van der Waals surface area contributed by atoms with E-state index in [9.17, 15) is 14.9 Å². The molecular weight excluding hydrogens is 400 g/mol. The molecule has 0 atom stereocenters. The van der Waals surface area contributed by atoms with Crippen LogP contribution in [-0.4, -0.2) is 41.0 Å². The van der Waals surface area contributed by atoms with Crippen molar-refractivity contribution >= 4 is 43.8 Å². The molecule has 9 heteroatoms. The van der Waals surface area contributed by atoms with Crippen molar-refractivity contribution in [2.24, 2.45) is 0 Å². The van der Waals surface area contributed by atoms with Crippen molar-refractivity contribution in [3.63, 3.8) is 0 Å². The number of non-ortho nitro benzene ring substituents is 1. The van der Waals surface area contributed by atoms with E-state index in [1.807, 2.05) is 24.3 Å². The smallest absolute Gasteiger partial charge is 0.281 e. The highest BCUT2D eigenvalue weighted by molar-refractivity contribution is 7.21. The van der Waals surface area contributed by atoms with Crippen molar-refractivity contribution in [2.75, 3.05) is 31.1 Å². The van der Waals surface area contributed by atoms with Gasteiger partial charge in [0.1, 0.15) is 0 Å². The van der Waals surface area contributed by atoms with Crippen LogP contribution in [0.15, 0.2) is 47.3 Å². The standard InChI is InChI=1S/C19H17ClN4O3S/c20-14-3-1-13(2-4-14)12-22-7-9-23(10-8-22)19-21-18(25)16-11-15(24(26)27)5-6-17(16)28-19/h1-6,11H,7-10,12H2. The number of hydrogen-bond acceptors (Lipinski definition) is 7. The number of anilines is 1. The zero-order valence-corrected chi connectivity index (χ0v) is 16.4. The minimum atomic E-state index is -0.503. The first-order chi connectivity index (χ1) is 13.5. The summed E-state index contributed by atoms with van der Waals surface area (Å²) in [6.45, 7) is 4.13. The third-order valence-corrected chi connectivity index (χ3v) is 6.13. The Kier molecular flexibility index (Phi) is 5.25. The minimum absolute atomic E-state index is 0.0952. The number of hydrogen-bond donors (Lipinski definition) is 0. The lowest BCUT2D eigenvalue weighted by molar-refractivity contribution is -0.384. The summed E-state index contributed by atoms with van der Waals surface area (Å²) in [6.07, 6.45) is 0. The Balaban J connectivity index is 1.47. The quantitative estimate of drug-likeness (QED) is 0.478. The summed E-state index contributed by atoms with van der Waals surface area (Å²) in [6, 6.07) is 12.2. The third kappa shape index (κ3) is 3.99. The van der Waals surface area contributed by atoms with E-state index < -0.39 is 10.5 Å². The van der Waals surface area contributed by atoms with E-state index in [0.29, 0.717) is 15.2 Å². The monoisotopic (exact) mass is 416 g/mol. The second-order valence-corrected chi connectivity index (χ2v) is 8.07. The van der Waals surface area contributed by atoms with E-state index in [1.54, 1.807) is 6.07 Å². The Bertz CT molecular complexity index is 1080. The normalized spacial score (nSPS) is 15.1. The van der Waals surface area contributed by atoms with Gasteiger partial charge < -0.3 is 4.90 Å². The van der Waals surface area contributed by atoms with Crippen LogP contribution in [0, 0.1) is 10.1 Å². The Morgan fingerprint density at radius 2 is 1.82 bits per heavy atom. The van der Waals surface area contributed by atoms with Crippen molar-refractivity contribution in [1.82, 2.24) is 9.88 Å². The highest BCUT2D eigenvalue weighted by Crippen LogP contribution is 2.27. The lowest BCUT2D eigenvalue weighted by Crippen LogP contribution is -2.46. The van der Waals surface area contributed by atoms with Crippen LogP contribution in [0.3, 0.4) is 0 Å². The molecule has 1 aromatic heterocycles. The molecular formula is C19H17ClN4O3S. The van der Waals surface area contributed by atoms with E-state index in [4.69, 9.17) is 11.6 Å². The number of nitro benzene ring substituents is 1. The first-order valence-electron chi connectivity index (χ1n) is 8.81. The number of nitro groups is 1. The molecule has 1 saturated heterocycles. The van der Waals surface area contributed by atoms with Gasteiger partial charge in [-0.1, -0.05) is 35.1 Å². The molecule has 2 aromatic carbocycles. The molecule has 0 saturated carbocycles. The second-order valence-electron chi connectivity index (χ2n) is 6.63. The van der Waals surface area contributed by atoms with Gasteiger partial charge in [-0.15, -0.1) is 0 Å². The molecule has 1 aliphatic rings. The Labute approximate surface area is 169 Å². The van der Waals surface area contributed by atoms with Gasteiger partial charge in [-0.3, -0.25) is 19.8 Å². The van der Waals surface area contributed by atoms with E-state index in [1.165, 1.54) is 29.0 Å². The maximum Gasteiger partial charge on any atom is 0.281 e. The van der Waals surface area contributed by atoms with Gasteiger partial charge in [0.25, 0.3) is 11.2 Å². The molecule has 0 bridgehead atoms. The number of fused-ring (bicyclic) bond motifs is 1. The van der Waals surface area contributed by atoms with Crippen molar-refractivity contribution in [3.8, 4) is 0 Å². The average Bonchev–Trinajstić information content (AvgIpc) is 2.70. The minimum Gasteiger partial charge on any atom is -0.345 e. The molecule has 144 valence electrons. The van der Waals surface area contributed by atoms with E-state index >= 15 is 0 Å². The maximum atomic E-state index is 12.4. The van der Waals surface area contributed by atoms with Gasteiger partial charge in [0.15, 0.2) is 5.13 Å². The molecule has 0 spiro atoms. The fourth-order valence-corrected chi connectivity index (χ4v) is 4.39. The summed E-state index contributed by atoms with van der Waals surface area (Å²) in [5.74, 6) is 0. The summed E-state index contributed by atoms with van der Waals surface area (Å²) < 4.78 is 0.712. The maximum absolute atomic E-state index is 12.4. The molecule has 28 heavy (non-hydrogen) atoms. The molecule has 0 aliphatic carbocycles. The summed E-state index contributed by atoms with van der Waals surface area (Å²) in [5, 5.41) is 12.6. The van der Waals surface area contributed by atoms with Gasteiger partial charge in [0.05, 0.1) is 10.3 Å². The number of benzene rings is 2. The molecule has 0 N–H and O–H groups in total. The lowest BCUT2D eigenvalue weighted by atomic mass is 10.2. The molecule has 3 aromatic rings. The molecule has 1 aliphatic heterocycles. The van der Waals surface area contributed by atoms with Crippen LogP contribution in [0.1, 0.15) is 5.56 Å². The molecule has 0 unspecified atom stereocenters. The molecule has 7 nitrogen and oxygen atoms in total. The fourth-order valence-electron chi connectivity index (χ4n) is 3.24. The number of piperazine rings is 1. The van der Waals surface area contributed by atoms with Crippen molar-refractivity contribution in [2.45, 2.75) is 6.54 Å². The van der Waals surface area contributed by atoms with Crippen LogP contribution >= 0.6 is 22.9 Å². The summed E-state index contributed by atoms with van der Waals surface area (Å²) in [5.41, 5.74) is 0.700. The fraction of sp³-hybridized carbons (Fsp3) is 0.263. The Morgan fingerprint density at radius 3 is 2.50 bits per heavy atom. The number of aromatic nitrogens is 1. The third-order valence-electron chi connectivity index (χ3n) is 4.77. The topological polar surface area (TPSA) is 79.6 Å². The summed E-state index contributed by atoms with van der Waals surface area (Å²) in [7, 11) is 0. The zero-order chi connectivity index (χ0) is 19.7. The van der Waals surface area contributed by atoms with Gasteiger partial charge in [0, 0.05) is 54.6 Å². The number of nitrogens with zero attached hydrogens (tertiary/aromatic N) is 4. The summed E-state index contributed by atoms with van der Waals surface area (Å²) >= 11 is 7.33. The highest BCUT2D eigenvalue weighted by atomic mass is 35.5. The largest absolute Gasteiger partial charge is 0.345 e. The lowest BCUT2D eigenvalue weighted by Gasteiger charge is -2.35. The van der Waals surface area contributed by atoms with Gasteiger partial charge in [0.2, 0.25) is 0 Å². The number of rotatable bonds is 4. The van der Waals surface area contributed by atoms with Crippen molar-refractivity contribution < 1.29 is 4.92 Å².